The van der Waals surface area contributed by atoms with Crippen molar-refractivity contribution < 1.29 is 19.1 Å². The number of aromatic nitrogens is 2. The minimum atomic E-state index is -0.610. The second-order valence-electron chi connectivity index (χ2n) is 7.52. The van der Waals surface area contributed by atoms with Crippen LogP contribution >= 0.6 is 0 Å². The fraction of sp³-hybridized carbons (Fsp3) is 0.450. The maximum atomic E-state index is 13.2. The number of morpholine rings is 1. The number of fused-ring (bicyclic) bond motifs is 2. The van der Waals surface area contributed by atoms with E-state index in [1.807, 2.05) is 30.3 Å². The molecule has 0 unspecified atom stereocenters. The van der Waals surface area contributed by atoms with Gasteiger partial charge in [-0.05, 0) is 12.0 Å². The standard InChI is InChI=1S/C20H22N4O4/c25-17-12-28-16-10-24(8-7-20(16,21-17)13-4-2-1-3-5-13)19(26)18-14-11-27-9-6-15(14)22-23-18/h1-5,16H,6-12H2,(H,21,25)(H,22,23)/t16-,20+/m1/s1. The van der Waals surface area contributed by atoms with Crippen LogP contribution in [-0.4, -0.2) is 59.3 Å². The lowest BCUT2D eigenvalue weighted by molar-refractivity contribution is -0.150. The Morgan fingerprint density at radius 2 is 2.11 bits per heavy atom. The van der Waals surface area contributed by atoms with Gasteiger partial charge in [-0.3, -0.25) is 14.7 Å². The Kier molecular flexibility index (Phi) is 4.17. The van der Waals surface area contributed by atoms with Gasteiger partial charge in [-0.25, -0.2) is 0 Å². The maximum Gasteiger partial charge on any atom is 0.274 e. The average molecular weight is 382 g/mol. The van der Waals surface area contributed by atoms with Gasteiger partial charge in [0.15, 0.2) is 5.69 Å². The van der Waals surface area contributed by atoms with Crippen molar-refractivity contribution in [3.05, 3.63) is 52.8 Å². The SMILES string of the molecule is O=C1CO[C@@H]2CN(C(=O)c3n[nH]c4c3COCC4)CC[C@@]2(c2ccccc2)N1. The van der Waals surface area contributed by atoms with Crippen LogP contribution in [0.3, 0.4) is 0 Å². The summed E-state index contributed by atoms with van der Waals surface area (Å²) in [5, 5.41) is 10.4. The monoisotopic (exact) mass is 382 g/mol. The summed E-state index contributed by atoms with van der Waals surface area (Å²) in [4.78, 5) is 27.0. The Morgan fingerprint density at radius 1 is 1.25 bits per heavy atom. The molecule has 0 spiro atoms. The average Bonchev–Trinajstić information content (AvgIpc) is 3.17. The molecule has 3 aliphatic rings. The van der Waals surface area contributed by atoms with E-state index in [0.29, 0.717) is 38.4 Å². The summed E-state index contributed by atoms with van der Waals surface area (Å²) in [5.74, 6) is -0.247. The molecule has 2 atom stereocenters. The van der Waals surface area contributed by atoms with Crippen molar-refractivity contribution >= 4 is 11.8 Å². The van der Waals surface area contributed by atoms with E-state index in [4.69, 9.17) is 9.47 Å². The number of amides is 2. The molecule has 8 nitrogen and oxygen atoms in total. The molecule has 1 aromatic carbocycles. The molecule has 1 aromatic heterocycles. The normalized spacial score (nSPS) is 26.9. The number of H-pyrrole nitrogens is 1. The third kappa shape index (κ3) is 2.71. The van der Waals surface area contributed by atoms with Crippen molar-refractivity contribution in [1.82, 2.24) is 20.4 Å². The molecule has 8 heteroatoms. The lowest BCUT2D eigenvalue weighted by Crippen LogP contribution is -2.67. The fourth-order valence-corrected chi connectivity index (χ4v) is 4.48. The van der Waals surface area contributed by atoms with Crippen molar-refractivity contribution in [2.45, 2.75) is 31.1 Å². The van der Waals surface area contributed by atoms with E-state index in [1.165, 1.54) is 0 Å². The molecule has 2 saturated heterocycles. The molecule has 0 aliphatic carbocycles. The van der Waals surface area contributed by atoms with Crippen LogP contribution in [-0.2, 0) is 32.8 Å². The summed E-state index contributed by atoms with van der Waals surface area (Å²) >= 11 is 0. The van der Waals surface area contributed by atoms with Gasteiger partial charge in [0.05, 0.1) is 18.8 Å². The Morgan fingerprint density at radius 3 is 2.96 bits per heavy atom. The smallest absolute Gasteiger partial charge is 0.274 e. The van der Waals surface area contributed by atoms with Gasteiger partial charge in [0.1, 0.15) is 12.7 Å². The first-order chi connectivity index (χ1) is 13.7. The molecule has 0 saturated carbocycles. The topological polar surface area (TPSA) is 96.5 Å². The number of piperidine rings is 1. The molecule has 0 radical (unpaired) electrons. The Labute approximate surface area is 162 Å². The van der Waals surface area contributed by atoms with Crippen molar-refractivity contribution in [2.75, 3.05) is 26.3 Å². The number of ether oxygens (including phenoxy) is 2. The summed E-state index contributed by atoms with van der Waals surface area (Å²) in [5.41, 5.74) is 2.66. The van der Waals surface area contributed by atoms with Crippen molar-refractivity contribution in [3.8, 4) is 0 Å². The summed E-state index contributed by atoms with van der Waals surface area (Å²) in [7, 11) is 0. The van der Waals surface area contributed by atoms with Crippen molar-refractivity contribution in [1.29, 1.82) is 0 Å². The molecule has 2 fully saturated rings. The number of nitrogens with one attached hydrogen (secondary N) is 2. The molecular weight excluding hydrogens is 360 g/mol. The number of carbonyl (C=O) groups is 2. The van der Waals surface area contributed by atoms with Crippen LogP contribution in [0.2, 0.25) is 0 Å². The summed E-state index contributed by atoms with van der Waals surface area (Å²) < 4.78 is 11.4. The summed E-state index contributed by atoms with van der Waals surface area (Å²) in [6, 6.07) is 9.86. The predicted octanol–water partition coefficient (Wildman–Crippen LogP) is 0.739. The molecule has 2 aromatic rings. The number of likely N-dealkylation sites (tertiary alicyclic amines) is 1. The van der Waals surface area contributed by atoms with Gasteiger partial charge in [-0.15, -0.1) is 0 Å². The van der Waals surface area contributed by atoms with Crippen molar-refractivity contribution in [3.63, 3.8) is 0 Å². The van der Waals surface area contributed by atoms with Crippen LogP contribution in [0, 0.1) is 0 Å². The van der Waals surface area contributed by atoms with E-state index < -0.39 is 5.54 Å². The van der Waals surface area contributed by atoms with E-state index >= 15 is 0 Å². The van der Waals surface area contributed by atoms with Gasteiger partial charge in [-0.2, -0.15) is 5.10 Å². The quantitative estimate of drug-likeness (QED) is 0.799. The molecule has 0 bridgehead atoms. The molecule has 3 aliphatic heterocycles. The van der Waals surface area contributed by atoms with Gasteiger partial charge in [0.25, 0.3) is 5.91 Å². The zero-order valence-corrected chi connectivity index (χ0v) is 15.4. The van der Waals surface area contributed by atoms with Gasteiger partial charge >= 0.3 is 0 Å². The second-order valence-corrected chi connectivity index (χ2v) is 7.52. The van der Waals surface area contributed by atoms with Gasteiger partial charge in [0.2, 0.25) is 5.91 Å². The zero-order valence-electron chi connectivity index (χ0n) is 15.4. The van der Waals surface area contributed by atoms with Crippen LogP contribution in [0.1, 0.15) is 33.7 Å². The summed E-state index contributed by atoms with van der Waals surface area (Å²) in [6.07, 6.45) is 1.02. The van der Waals surface area contributed by atoms with Gasteiger partial charge in [-0.1, -0.05) is 30.3 Å². The van der Waals surface area contributed by atoms with Crippen molar-refractivity contribution in [2.24, 2.45) is 0 Å². The molecule has 28 heavy (non-hydrogen) atoms. The maximum absolute atomic E-state index is 13.2. The van der Waals surface area contributed by atoms with E-state index in [0.717, 1.165) is 23.2 Å². The first kappa shape index (κ1) is 17.4. The van der Waals surface area contributed by atoms with E-state index in [-0.39, 0.29) is 24.5 Å². The number of nitrogens with zero attached hydrogens (tertiary/aromatic N) is 2. The molecule has 2 N–H and O–H groups in total. The zero-order chi connectivity index (χ0) is 19.1. The number of aromatic amines is 1. The lowest BCUT2D eigenvalue weighted by Gasteiger charge is -2.50. The molecule has 2 amide bonds. The van der Waals surface area contributed by atoms with Gasteiger partial charge < -0.3 is 19.7 Å². The van der Waals surface area contributed by atoms with E-state index in [2.05, 4.69) is 15.5 Å². The fourth-order valence-electron chi connectivity index (χ4n) is 4.48. The largest absolute Gasteiger partial charge is 0.376 e. The van der Waals surface area contributed by atoms with Crippen LogP contribution in [0.25, 0.3) is 0 Å². The van der Waals surface area contributed by atoms with E-state index in [9.17, 15) is 9.59 Å². The minimum Gasteiger partial charge on any atom is -0.376 e. The number of rotatable bonds is 2. The van der Waals surface area contributed by atoms with Crippen LogP contribution in [0.4, 0.5) is 0 Å². The highest BCUT2D eigenvalue weighted by Gasteiger charge is 2.50. The number of carbonyl (C=O) groups excluding carboxylic acids is 2. The molecule has 5 rings (SSSR count). The highest BCUT2D eigenvalue weighted by Crippen LogP contribution is 2.37. The van der Waals surface area contributed by atoms with Crippen LogP contribution in [0.15, 0.2) is 30.3 Å². The Hall–Kier alpha value is -2.71. The highest BCUT2D eigenvalue weighted by atomic mass is 16.5. The first-order valence-electron chi connectivity index (χ1n) is 9.59. The molecule has 146 valence electrons. The van der Waals surface area contributed by atoms with Crippen LogP contribution < -0.4 is 5.32 Å². The van der Waals surface area contributed by atoms with E-state index in [1.54, 1.807) is 4.90 Å². The second kappa shape index (κ2) is 6.72. The summed E-state index contributed by atoms with van der Waals surface area (Å²) in [6.45, 7) is 1.96. The third-order valence-corrected chi connectivity index (χ3v) is 5.96. The predicted molar refractivity (Wildman–Crippen MR) is 98.5 cm³/mol. The number of hydrogen-bond acceptors (Lipinski definition) is 5. The minimum absolute atomic E-state index is 0.00687. The first-order valence-corrected chi connectivity index (χ1v) is 9.59. The molecule has 4 heterocycles. The molecular formula is C20H22N4O4. The number of benzene rings is 1. The highest BCUT2D eigenvalue weighted by molar-refractivity contribution is 5.94. The lowest BCUT2D eigenvalue weighted by atomic mass is 9.77. The Bertz CT molecular complexity index is 912. The van der Waals surface area contributed by atoms with Crippen LogP contribution in [0.5, 0.6) is 0 Å². The van der Waals surface area contributed by atoms with Gasteiger partial charge in [0, 0.05) is 30.8 Å². The number of hydrogen-bond donors (Lipinski definition) is 2. The Balaban J connectivity index is 1.42. The third-order valence-electron chi connectivity index (χ3n) is 5.96.